The van der Waals surface area contributed by atoms with E-state index in [1.165, 1.54) is 0 Å². The number of methoxy groups -OCH3 is 1. The molecule has 0 fully saturated rings. The van der Waals surface area contributed by atoms with E-state index in [0.717, 1.165) is 28.2 Å². The van der Waals surface area contributed by atoms with Crippen LogP contribution >= 0.6 is 0 Å². The molecule has 0 bridgehead atoms. The van der Waals surface area contributed by atoms with Crippen LogP contribution in [0.1, 0.15) is 5.82 Å². The van der Waals surface area contributed by atoms with Crippen molar-refractivity contribution in [2.24, 2.45) is 0 Å². The first kappa shape index (κ1) is 10.8. The Morgan fingerprint density at radius 1 is 1.11 bits per heavy atom. The highest BCUT2D eigenvalue weighted by Gasteiger charge is 2.06. The largest absolute Gasteiger partial charge is 0.496 e. The number of ether oxygens (including phenoxy) is 1. The van der Waals surface area contributed by atoms with Gasteiger partial charge < -0.3 is 9.14 Å². The van der Waals surface area contributed by atoms with Crippen molar-refractivity contribution in [1.29, 1.82) is 0 Å². The van der Waals surface area contributed by atoms with Crippen LogP contribution in [0.3, 0.4) is 0 Å². The number of imidazole rings is 1. The summed E-state index contributed by atoms with van der Waals surface area (Å²) in [6.07, 6.45) is 3.97. The molecule has 0 atom stereocenters. The third-order valence-electron chi connectivity index (χ3n) is 3.13. The molecule has 2 aromatic heterocycles. The molecule has 0 saturated heterocycles. The monoisotopic (exact) mass is 238 g/mol. The van der Waals surface area contributed by atoms with Crippen LogP contribution in [0.25, 0.3) is 16.6 Å². The molecule has 2 heterocycles. The van der Waals surface area contributed by atoms with Crippen molar-refractivity contribution in [2.45, 2.75) is 6.92 Å². The SMILES string of the molecule is COc1ccccc1-c1ccc2cnc(C)n2c1. The summed E-state index contributed by atoms with van der Waals surface area (Å²) in [5, 5.41) is 0. The number of rotatable bonds is 2. The summed E-state index contributed by atoms with van der Waals surface area (Å²) in [5.74, 6) is 1.87. The smallest absolute Gasteiger partial charge is 0.126 e. The van der Waals surface area contributed by atoms with E-state index in [1.54, 1.807) is 7.11 Å². The minimum absolute atomic E-state index is 0.884. The number of aryl methyl sites for hydroxylation is 1. The Balaban J connectivity index is 2.21. The third kappa shape index (κ3) is 1.64. The van der Waals surface area contributed by atoms with Crippen LogP contribution in [0, 0.1) is 6.92 Å². The van der Waals surface area contributed by atoms with Gasteiger partial charge in [0.15, 0.2) is 0 Å². The second-order valence-corrected chi connectivity index (χ2v) is 4.22. The van der Waals surface area contributed by atoms with Gasteiger partial charge in [0.05, 0.1) is 18.8 Å². The molecular weight excluding hydrogens is 224 g/mol. The van der Waals surface area contributed by atoms with E-state index >= 15 is 0 Å². The fourth-order valence-electron chi connectivity index (χ4n) is 2.16. The van der Waals surface area contributed by atoms with Gasteiger partial charge in [-0.05, 0) is 19.1 Å². The average Bonchev–Trinajstić information content (AvgIpc) is 2.80. The summed E-state index contributed by atoms with van der Waals surface area (Å²) >= 11 is 0. The molecule has 18 heavy (non-hydrogen) atoms. The van der Waals surface area contributed by atoms with E-state index in [1.807, 2.05) is 31.3 Å². The van der Waals surface area contributed by atoms with Crippen LogP contribution in [0.2, 0.25) is 0 Å². The molecule has 0 radical (unpaired) electrons. The van der Waals surface area contributed by atoms with Gasteiger partial charge in [0.25, 0.3) is 0 Å². The molecule has 0 saturated carbocycles. The minimum atomic E-state index is 0.884. The molecule has 0 aliphatic heterocycles. The Hall–Kier alpha value is -2.29. The average molecular weight is 238 g/mol. The molecule has 0 amide bonds. The maximum atomic E-state index is 5.40. The number of nitrogens with zero attached hydrogens (tertiary/aromatic N) is 2. The molecule has 0 unspecified atom stereocenters. The van der Waals surface area contributed by atoms with Gasteiger partial charge in [-0.25, -0.2) is 4.98 Å². The van der Waals surface area contributed by atoms with Gasteiger partial charge in [0, 0.05) is 17.3 Å². The Morgan fingerprint density at radius 2 is 1.94 bits per heavy atom. The first-order chi connectivity index (χ1) is 8.79. The molecule has 3 rings (SSSR count). The number of aromatic nitrogens is 2. The molecular formula is C15H14N2O. The van der Waals surface area contributed by atoms with Crippen molar-refractivity contribution in [2.75, 3.05) is 7.11 Å². The van der Waals surface area contributed by atoms with Crippen LogP contribution < -0.4 is 4.74 Å². The molecule has 90 valence electrons. The summed E-state index contributed by atoms with van der Waals surface area (Å²) < 4.78 is 7.48. The van der Waals surface area contributed by atoms with Crippen LogP contribution in [0.4, 0.5) is 0 Å². The normalized spacial score (nSPS) is 10.8. The van der Waals surface area contributed by atoms with E-state index in [4.69, 9.17) is 4.74 Å². The van der Waals surface area contributed by atoms with Gasteiger partial charge in [-0.2, -0.15) is 0 Å². The van der Waals surface area contributed by atoms with Crippen molar-refractivity contribution in [3.8, 4) is 16.9 Å². The first-order valence-electron chi connectivity index (χ1n) is 5.86. The fraction of sp³-hybridized carbons (Fsp3) is 0.133. The molecule has 0 aliphatic carbocycles. The number of hydrogen-bond donors (Lipinski definition) is 0. The van der Waals surface area contributed by atoms with Crippen molar-refractivity contribution >= 4 is 5.52 Å². The Labute approximate surface area is 106 Å². The zero-order valence-electron chi connectivity index (χ0n) is 10.4. The lowest BCUT2D eigenvalue weighted by Gasteiger charge is -2.09. The molecule has 3 nitrogen and oxygen atoms in total. The van der Waals surface area contributed by atoms with Crippen molar-refractivity contribution in [1.82, 2.24) is 9.38 Å². The number of para-hydroxylation sites is 1. The summed E-state index contributed by atoms with van der Waals surface area (Å²) in [6.45, 7) is 2.00. The predicted molar refractivity (Wildman–Crippen MR) is 71.9 cm³/mol. The van der Waals surface area contributed by atoms with Crippen LogP contribution in [0.15, 0.2) is 48.8 Å². The second-order valence-electron chi connectivity index (χ2n) is 4.22. The Kier molecular flexibility index (Phi) is 2.52. The van der Waals surface area contributed by atoms with Crippen LogP contribution in [-0.2, 0) is 0 Å². The number of pyridine rings is 1. The Bertz CT molecular complexity index is 701. The second kappa shape index (κ2) is 4.18. The Morgan fingerprint density at radius 3 is 2.78 bits per heavy atom. The highest BCUT2D eigenvalue weighted by atomic mass is 16.5. The maximum absolute atomic E-state index is 5.40. The van der Waals surface area contributed by atoms with E-state index in [0.29, 0.717) is 0 Å². The zero-order chi connectivity index (χ0) is 12.5. The highest BCUT2D eigenvalue weighted by Crippen LogP contribution is 2.29. The first-order valence-corrected chi connectivity index (χ1v) is 5.86. The summed E-state index contributed by atoms with van der Waals surface area (Å²) in [5.41, 5.74) is 3.32. The van der Waals surface area contributed by atoms with Gasteiger partial charge in [0.2, 0.25) is 0 Å². The lowest BCUT2D eigenvalue weighted by atomic mass is 10.1. The van der Waals surface area contributed by atoms with Gasteiger partial charge >= 0.3 is 0 Å². The van der Waals surface area contributed by atoms with Crippen molar-refractivity contribution in [3.63, 3.8) is 0 Å². The quantitative estimate of drug-likeness (QED) is 0.684. The molecule has 3 heteroatoms. The van der Waals surface area contributed by atoms with E-state index < -0.39 is 0 Å². The molecule has 1 aromatic carbocycles. The van der Waals surface area contributed by atoms with Crippen LogP contribution in [0.5, 0.6) is 5.75 Å². The topological polar surface area (TPSA) is 26.5 Å². The predicted octanol–water partition coefficient (Wildman–Crippen LogP) is 3.32. The van der Waals surface area contributed by atoms with Gasteiger partial charge in [0.1, 0.15) is 11.6 Å². The molecule has 0 spiro atoms. The van der Waals surface area contributed by atoms with Gasteiger partial charge in [-0.3, -0.25) is 0 Å². The standard InChI is InChI=1S/C15H14N2O/c1-11-16-9-13-8-7-12(10-17(11)13)14-5-3-4-6-15(14)18-2/h3-10H,1-2H3. The van der Waals surface area contributed by atoms with Gasteiger partial charge in [-0.1, -0.05) is 24.3 Å². The minimum Gasteiger partial charge on any atom is -0.496 e. The van der Waals surface area contributed by atoms with Crippen molar-refractivity contribution in [3.05, 3.63) is 54.6 Å². The summed E-state index contributed by atoms with van der Waals surface area (Å²) in [7, 11) is 1.69. The lowest BCUT2D eigenvalue weighted by Crippen LogP contribution is -1.91. The highest BCUT2D eigenvalue weighted by molar-refractivity contribution is 5.71. The molecule has 0 N–H and O–H groups in total. The summed E-state index contributed by atoms with van der Waals surface area (Å²) in [4.78, 5) is 4.30. The number of benzene rings is 1. The maximum Gasteiger partial charge on any atom is 0.126 e. The summed E-state index contributed by atoms with van der Waals surface area (Å²) in [6, 6.07) is 12.2. The third-order valence-corrected chi connectivity index (χ3v) is 3.13. The van der Waals surface area contributed by atoms with E-state index in [9.17, 15) is 0 Å². The lowest BCUT2D eigenvalue weighted by molar-refractivity contribution is 0.416. The number of hydrogen-bond acceptors (Lipinski definition) is 2. The molecule has 3 aromatic rings. The van der Waals surface area contributed by atoms with E-state index in [2.05, 4.69) is 33.8 Å². The van der Waals surface area contributed by atoms with Crippen LogP contribution in [-0.4, -0.2) is 16.5 Å². The van der Waals surface area contributed by atoms with Crippen molar-refractivity contribution < 1.29 is 4.74 Å². The van der Waals surface area contributed by atoms with Gasteiger partial charge in [-0.15, -0.1) is 0 Å². The zero-order valence-corrected chi connectivity index (χ0v) is 10.4. The number of fused-ring (bicyclic) bond motifs is 1. The molecule has 0 aliphatic rings. The fourth-order valence-corrected chi connectivity index (χ4v) is 2.16. The van der Waals surface area contributed by atoms with E-state index in [-0.39, 0.29) is 0 Å².